The zero-order valence-electron chi connectivity index (χ0n) is 19.1. The molecule has 7 nitrogen and oxygen atoms in total. The quantitative estimate of drug-likeness (QED) is 0.450. The maximum atomic E-state index is 14.4. The van der Waals surface area contributed by atoms with Crippen molar-refractivity contribution in [2.45, 2.75) is 39.0 Å². The van der Waals surface area contributed by atoms with E-state index in [1.54, 1.807) is 19.9 Å². The van der Waals surface area contributed by atoms with Crippen LogP contribution in [0.15, 0.2) is 42.7 Å². The fraction of sp³-hybridized carbons (Fsp3) is 0.304. The molecule has 0 fully saturated rings. The molecule has 186 valence electrons. The molecule has 0 spiro atoms. The number of alkyl halides is 3. The van der Waals surface area contributed by atoms with Crippen LogP contribution in [-0.2, 0) is 35.0 Å². The summed E-state index contributed by atoms with van der Waals surface area (Å²) < 4.78 is 67.8. The van der Waals surface area contributed by atoms with Gasteiger partial charge in [-0.1, -0.05) is 18.2 Å². The van der Waals surface area contributed by atoms with Gasteiger partial charge < -0.3 is 5.32 Å². The predicted octanol–water partition coefficient (Wildman–Crippen LogP) is 3.81. The molecule has 2 unspecified atom stereocenters. The lowest BCUT2D eigenvalue weighted by atomic mass is 9.98. The molecule has 0 saturated heterocycles. The summed E-state index contributed by atoms with van der Waals surface area (Å²) >= 11 is 0. The van der Waals surface area contributed by atoms with Crippen LogP contribution in [-0.4, -0.2) is 31.3 Å². The monoisotopic (exact) mass is 509 g/mol. The highest BCUT2D eigenvalue weighted by molar-refractivity contribution is 7.82. The number of carbonyl (C=O) groups excluding carboxylic acids is 1. The summed E-state index contributed by atoms with van der Waals surface area (Å²) in [6.45, 7) is 3.23. The molecule has 0 aliphatic carbocycles. The molecule has 12 heteroatoms. The molecule has 35 heavy (non-hydrogen) atoms. The molecule has 3 aromatic rings. The Kier molecular flexibility index (Phi) is 8.28. The van der Waals surface area contributed by atoms with E-state index in [4.69, 9.17) is 0 Å². The summed E-state index contributed by atoms with van der Waals surface area (Å²) in [6.07, 6.45) is -0.491. The minimum absolute atomic E-state index is 0.0449. The summed E-state index contributed by atoms with van der Waals surface area (Å²) in [5.74, 6) is -1.74. The topological polar surface area (TPSA) is 96.9 Å². The van der Waals surface area contributed by atoms with E-state index < -0.39 is 40.5 Å². The van der Waals surface area contributed by atoms with Crippen molar-refractivity contribution in [2.75, 3.05) is 6.26 Å². The number of amides is 1. The van der Waals surface area contributed by atoms with Crippen molar-refractivity contribution in [1.29, 1.82) is 0 Å². The molecule has 3 rings (SSSR count). The molecule has 0 aliphatic heterocycles. The second-order valence-electron chi connectivity index (χ2n) is 7.81. The van der Waals surface area contributed by atoms with Crippen LogP contribution in [0.2, 0.25) is 0 Å². The van der Waals surface area contributed by atoms with Crippen LogP contribution < -0.4 is 10.0 Å². The summed E-state index contributed by atoms with van der Waals surface area (Å²) in [6, 6.07) is 6.39. The van der Waals surface area contributed by atoms with E-state index in [0.717, 1.165) is 6.07 Å². The lowest BCUT2D eigenvalue weighted by Gasteiger charge is -2.16. The van der Waals surface area contributed by atoms with E-state index in [-0.39, 0.29) is 24.5 Å². The number of nitrogens with one attached hydrogen (secondary N) is 2. The summed E-state index contributed by atoms with van der Waals surface area (Å²) in [7, 11) is -1.30. The molecule has 2 N–H and O–H groups in total. The van der Waals surface area contributed by atoms with E-state index in [0.29, 0.717) is 22.4 Å². The zero-order chi connectivity index (χ0) is 25.8. The first kappa shape index (κ1) is 26.4. The maximum absolute atomic E-state index is 14.4. The molecule has 2 heterocycles. The molecule has 0 saturated carbocycles. The van der Waals surface area contributed by atoms with Crippen LogP contribution in [0.4, 0.5) is 17.6 Å². The Hall–Kier alpha value is -3.25. The van der Waals surface area contributed by atoms with Gasteiger partial charge in [0.05, 0.1) is 34.5 Å². The lowest BCUT2D eigenvalue weighted by Crippen LogP contribution is -2.28. The van der Waals surface area contributed by atoms with Crippen LogP contribution in [0, 0.1) is 12.7 Å². The van der Waals surface area contributed by atoms with Crippen molar-refractivity contribution >= 4 is 16.9 Å². The summed E-state index contributed by atoms with van der Waals surface area (Å²) in [5.41, 5.74) is 0.621. The van der Waals surface area contributed by atoms with Crippen molar-refractivity contribution in [3.8, 4) is 11.4 Å². The minimum Gasteiger partial charge on any atom is -0.351 e. The lowest BCUT2D eigenvalue weighted by molar-refractivity contribution is -0.141. The Morgan fingerprint density at radius 3 is 2.40 bits per heavy atom. The highest BCUT2D eigenvalue weighted by atomic mass is 32.2. The van der Waals surface area contributed by atoms with Crippen LogP contribution in [0.5, 0.6) is 0 Å². The van der Waals surface area contributed by atoms with Crippen molar-refractivity contribution in [3.63, 3.8) is 0 Å². The number of hydrogen-bond acceptors (Lipinski definition) is 5. The van der Waals surface area contributed by atoms with E-state index in [1.807, 2.05) is 0 Å². The van der Waals surface area contributed by atoms with Gasteiger partial charge in [0.1, 0.15) is 17.2 Å². The van der Waals surface area contributed by atoms with Gasteiger partial charge in [-0.2, -0.15) is 13.2 Å². The van der Waals surface area contributed by atoms with Crippen LogP contribution >= 0.6 is 0 Å². The largest absolute Gasteiger partial charge is 0.433 e. The highest BCUT2D eigenvalue weighted by Gasteiger charge is 2.33. The smallest absolute Gasteiger partial charge is 0.351 e. The zero-order valence-corrected chi connectivity index (χ0v) is 19.9. The number of pyridine rings is 1. The van der Waals surface area contributed by atoms with Gasteiger partial charge in [0.2, 0.25) is 5.91 Å². The number of rotatable bonds is 8. The van der Waals surface area contributed by atoms with Gasteiger partial charge >= 0.3 is 6.18 Å². The third-order valence-electron chi connectivity index (χ3n) is 5.18. The van der Waals surface area contributed by atoms with Gasteiger partial charge in [-0.3, -0.25) is 14.8 Å². The SMILES string of the molecule is Cc1cnc(-c2nc(C(F)(F)F)ccc2CNC(=O)C(C)c2ccc(CNS(C)=O)c(F)c2)cn1. The molecule has 2 aromatic heterocycles. The van der Waals surface area contributed by atoms with E-state index in [2.05, 4.69) is 25.0 Å². The molecular formula is C23H23F4N5O2S. The standard InChI is InChI=1S/C23H23F4N5O2S/c1-13-9-29-19(12-28-13)21-17(6-7-20(32-21)23(25,26)27)10-30-22(33)14(2)15-4-5-16(18(24)8-15)11-31-35(3)34/h4-9,12,14,31H,10-11H2,1-3H3,(H,30,33). The Morgan fingerprint density at radius 2 is 1.80 bits per heavy atom. The van der Waals surface area contributed by atoms with Crippen LogP contribution in [0.1, 0.15) is 40.9 Å². The van der Waals surface area contributed by atoms with Crippen molar-refractivity contribution < 1.29 is 26.6 Å². The fourth-order valence-corrected chi connectivity index (χ4v) is 3.53. The van der Waals surface area contributed by atoms with Gasteiger partial charge in [0, 0.05) is 31.1 Å². The molecule has 0 aliphatic rings. The first-order chi connectivity index (χ1) is 16.5. The van der Waals surface area contributed by atoms with Crippen molar-refractivity contribution in [1.82, 2.24) is 25.0 Å². The average Bonchev–Trinajstić information content (AvgIpc) is 2.81. The summed E-state index contributed by atoms with van der Waals surface area (Å²) in [5, 5.41) is 2.67. The third kappa shape index (κ3) is 6.89. The van der Waals surface area contributed by atoms with Crippen molar-refractivity contribution in [3.05, 3.63) is 76.6 Å². The number of carbonyl (C=O) groups is 1. The highest BCUT2D eigenvalue weighted by Crippen LogP contribution is 2.30. The van der Waals surface area contributed by atoms with Gasteiger partial charge in [0.15, 0.2) is 0 Å². The first-order valence-corrected chi connectivity index (χ1v) is 12.0. The second kappa shape index (κ2) is 11.0. The van der Waals surface area contributed by atoms with Gasteiger partial charge in [0.25, 0.3) is 0 Å². The molecule has 1 amide bonds. The molecule has 2 atom stereocenters. The Morgan fingerprint density at radius 1 is 1.09 bits per heavy atom. The molecule has 0 radical (unpaired) electrons. The maximum Gasteiger partial charge on any atom is 0.433 e. The average molecular weight is 510 g/mol. The minimum atomic E-state index is -4.65. The molecule has 0 bridgehead atoms. The number of aryl methyl sites for hydroxylation is 1. The van der Waals surface area contributed by atoms with E-state index >= 15 is 0 Å². The van der Waals surface area contributed by atoms with Gasteiger partial charge in [-0.05, 0) is 37.1 Å². The van der Waals surface area contributed by atoms with Crippen molar-refractivity contribution in [2.24, 2.45) is 0 Å². The van der Waals surface area contributed by atoms with Gasteiger partial charge in [-0.15, -0.1) is 0 Å². The van der Waals surface area contributed by atoms with Gasteiger partial charge in [-0.25, -0.2) is 18.3 Å². The van der Waals surface area contributed by atoms with Crippen LogP contribution in [0.3, 0.4) is 0 Å². The first-order valence-electron chi connectivity index (χ1n) is 10.4. The number of benzene rings is 1. The second-order valence-corrected chi connectivity index (χ2v) is 9.01. The molecule has 1 aromatic carbocycles. The van der Waals surface area contributed by atoms with Crippen LogP contribution in [0.25, 0.3) is 11.4 Å². The predicted molar refractivity (Wildman–Crippen MR) is 123 cm³/mol. The Labute approximate surface area is 202 Å². The Balaban J connectivity index is 1.78. The van der Waals surface area contributed by atoms with E-state index in [1.165, 1.54) is 36.8 Å². The number of halogens is 4. The summed E-state index contributed by atoms with van der Waals surface area (Å²) in [4.78, 5) is 24.6. The third-order valence-corrected chi connectivity index (χ3v) is 5.73. The van der Waals surface area contributed by atoms with E-state index in [9.17, 15) is 26.6 Å². The number of hydrogen-bond donors (Lipinski definition) is 2. The number of nitrogens with zero attached hydrogens (tertiary/aromatic N) is 3. The molecular weight excluding hydrogens is 486 g/mol. The Bertz CT molecular complexity index is 1240. The number of aromatic nitrogens is 3. The normalized spacial score (nSPS) is 13.3. The fourth-order valence-electron chi connectivity index (χ4n) is 3.17.